The SMILES string of the molecule is CC(C)(C)OC(=O)N1CCN(C(/C=C(\N)Cl)=C(N)N)CC1. The number of nitrogens with zero attached hydrogens (tertiary/aromatic N) is 2. The van der Waals surface area contributed by atoms with E-state index in [4.69, 9.17) is 33.5 Å². The van der Waals surface area contributed by atoms with E-state index in [1.807, 2.05) is 25.7 Å². The molecule has 7 nitrogen and oxygen atoms in total. The molecule has 0 aromatic rings. The van der Waals surface area contributed by atoms with Crippen LogP contribution in [0.5, 0.6) is 0 Å². The molecule has 1 aliphatic rings. The Bertz CT molecular complexity index is 440. The Morgan fingerprint density at radius 2 is 1.57 bits per heavy atom. The van der Waals surface area contributed by atoms with Crippen molar-refractivity contribution in [2.24, 2.45) is 17.2 Å². The van der Waals surface area contributed by atoms with Gasteiger partial charge in [0.1, 0.15) is 16.6 Å². The van der Waals surface area contributed by atoms with Gasteiger partial charge in [-0.2, -0.15) is 0 Å². The van der Waals surface area contributed by atoms with Gasteiger partial charge in [0, 0.05) is 26.2 Å². The van der Waals surface area contributed by atoms with E-state index in [1.54, 1.807) is 4.90 Å². The van der Waals surface area contributed by atoms with Gasteiger partial charge in [-0.1, -0.05) is 11.6 Å². The van der Waals surface area contributed by atoms with Crippen molar-refractivity contribution in [2.45, 2.75) is 26.4 Å². The zero-order chi connectivity index (χ0) is 16.2. The minimum atomic E-state index is -0.503. The lowest BCUT2D eigenvalue weighted by Crippen LogP contribution is -2.50. The predicted molar refractivity (Wildman–Crippen MR) is 82.9 cm³/mol. The zero-order valence-corrected chi connectivity index (χ0v) is 13.5. The molecule has 1 fully saturated rings. The molecule has 0 atom stereocenters. The number of piperazine rings is 1. The fourth-order valence-corrected chi connectivity index (χ4v) is 2.05. The van der Waals surface area contributed by atoms with Crippen LogP contribution in [0.15, 0.2) is 22.8 Å². The normalized spacial score (nSPS) is 16.7. The molecule has 1 aliphatic heterocycles. The van der Waals surface area contributed by atoms with E-state index in [-0.39, 0.29) is 17.1 Å². The number of rotatable bonds is 2. The molecule has 0 saturated carbocycles. The number of halogens is 1. The monoisotopic (exact) mass is 317 g/mol. The molecule has 0 aromatic carbocycles. The third-order valence-electron chi connectivity index (χ3n) is 2.84. The highest BCUT2D eigenvalue weighted by atomic mass is 35.5. The fourth-order valence-electron chi connectivity index (χ4n) is 1.94. The second-order valence-electron chi connectivity index (χ2n) is 5.82. The van der Waals surface area contributed by atoms with Crippen LogP contribution in [-0.4, -0.2) is 47.7 Å². The van der Waals surface area contributed by atoms with E-state index in [0.29, 0.717) is 31.9 Å². The van der Waals surface area contributed by atoms with E-state index < -0.39 is 5.60 Å². The summed E-state index contributed by atoms with van der Waals surface area (Å²) in [5.74, 6) is 0.143. The average molecular weight is 318 g/mol. The van der Waals surface area contributed by atoms with Crippen molar-refractivity contribution >= 4 is 17.7 Å². The quantitative estimate of drug-likeness (QED) is 0.510. The summed E-state index contributed by atoms with van der Waals surface area (Å²) in [6, 6.07) is 0. The molecule has 0 bridgehead atoms. The van der Waals surface area contributed by atoms with Crippen molar-refractivity contribution in [2.75, 3.05) is 26.2 Å². The van der Waals surface area contributed by atoms with Gasteiger partial charge in [-0.15, -0.1) is 0 Å². The molecule has 120 valence electrons. The standard InChI is InChI=1S/C13H24ClN5O2/c1-13(2,3)21-12(20)19-6-4-18(5-7-19)9(11(16)17)8-10(14)15/h8H,4-7,15-17H2,1-3H3/b10-8-. The van der Waals surface area contributed by atoms with Gasteiger partial charge in [0.25, 0.3) is 0 Å². The van der Waals surface area contributed by atoms with Crippen LogP contribution in [-0.2, 0) is 4.74 Å². The minimum absolute atomic E-state index is 0.105. The Balaban J connectivity index is 2.65. The number of allylic oxidation sites excluding steroid dienone is 1. The molecule has 0 spiro atoms. The average Bonchev–Trinajstić information content (AvgIpc) is 2.33. The number of nitrogens with two attached hydrogens (primary N) is 3. The maximum atomic E-state index is 12.0. The van der Waals surface area contributed by atoms with Crippen LogP contribution in [0.1, 0.15) is 20.8 Å². The number of ether oxygens (including phenoxy) is 1. The van der Waals surface area contributed by atoms with E-state index in [2.05, 4.69) is 0 Å². The number of hydrogen-bond donors (Lipinski definition) is 3. The molecule has 21 heavy (non-hydrogen) atoms. The van der Waals surface area contributed by atoms with E-state index in [9.17, 15) is 4.79 Å². The summed E-state index contributed by atoms with van der Waals surface area (Å²) in [7, 11) is 0. The number of carbonyl (C=O) groups excluding carboxylic acids is 1. The number of amides is 1. The first-order chi connectivity index (χ1) is 9.60. The van der Waals surface area contributed by atoms with Crippen molar-refractivity contribution in [3.8, 4) is 0 Å². The summed E-state index contributed by atoms with van der Waals surface area (Å²) in [5.41, 5.74) is 16.8. The fraction of sp³-hybridized carbons (Fsp3) is 0.615. The van der Waals surface area contributed by atoms with Gasteiger partial charge in [-0.05, 0) is 26.8 Å². The summed E-state index contributed by atoms with van der Waals surface area (Å²) in [5, 5.41) is 0.105. The molecule has 1 rings (SSSR count). The van der Waals surface area contributed by atoms with Crippen LogP contribution >= 0.6 is 11.6 Å². The summed E-state index contributed by atoms with van der Waals surface area (Å²) < 4.78 is 5.34. The van der Waals surface area contributed by atoms with Crippen molar-refractivity contribution in [3.05, 3.63) is 22.8 Å². The second kappa shape index (κ2) is 6.80. The van der Waals surface area contributed by atoms with Gasteiger partial charge in [-0.25, -0.2) is 4.79 Å². The largest absolute Gasteiger partial charge is 0.444 e. The lowest BCUT2D eigenvalue weighted by atomic mass is 10.2. The number of carbonyl (C=O) groups is 1. The smallest absolute Gasteiger partial charge is 0.410 e. The molecule has 0 aromatic heterocycles. The lowest BCUT2D eigenvalue weighted by molar-refractivity contribution is 0.0170. The zero-order valence-electron chi connectivity index (χ0n) is 12.7. The highest BCUT2D eigenvalue weighted by Crippen LogP contribution is 2.16. The maximum absolute atomic E-state index is 12.0. The van der Waals surface area contributed by atoms with Crippen LogP contribution in [0, 0.1) is 0 Å². The van der Waals surface area contributed by atoms with Gasteiger partial charge in [0.05, 0.1) is 5.70 Å². The summed E-state index contributed by atoms with van der Waals surface area (Å²) in [6.07, 6.45) is 1.20. The van der Waals surface area contributed by atoms with Crippen LogP contribution < -0.4 is 17.2 Å². The summed E-state index contributed by atoms with van der Waals surface area (Å²) in [6.45, 7) is 7.70. The molecule has 0 radical (unpaired) electrons. The summed E-state index contributed by atoms with van der Waals surface area (Å²) >= 11 is 5.67. The molecule has 1 saturated heterocycles. The van der Waals surface area contributed by atoms with Gasteiger partial charge in [0.15, 0.2) is 0 Å². The van der Waals surface area contributed by atoms with E-state index in [1.165, 1.54) is 6.08 Å². The molecule has 1 heterocycles. The van der Waals surface area contributed by atoms with Gasteiger partial charge >= 0.3 is 6.09 Å². The first kappa shape index (κ1) is 17.3. The van der Waals surface area contributed by atoms with E-state index >= 15 is 0 Å². The maximum Gasteiger partial charge on any atom is 0.410 e. The first-order valence-electron chi connectivity index (χ1n) is 6.71. The first-order valence-corrected chi connectivity index (χ1v) is 7.08. The molecule has 6 N–H and O–H groups in total. The Kier molecular flexibility index (Phi) is 5.60. The van der Waals surface area contributed by atoms with Crippen molar-refractivity contribution < 1.29 is 9.53 Å². The lowest BCUT2D eigenvalue weighted by Gasteiger charge is -2.37. The Hall–Kier alpha value is -1.76. The highest BCUT2D eigenvalue weighted by molar-refractivity contribution is 6.29. The number of hydrogen-bond acceptors (Lipinski definition) is 6. The molecule has 1 amide bonds. The molecular formula is C13H24ClN5O2. The molecule has 8 heteroatoms. The van der Waals surface area contributed by atoms with Crippen molar-refractivity contribution in [3.63, 3.8) is 0 Å². The van der Waals surface area contributed by atoms with Crippen LogP contribution in [0.3, 0.4) is 0 Å². The second-order valence-corrected chi connectivity index (χ2v) is 6.26. The van der Waals surface area contributed by atoms with Gasteiger partial charge < -0.3 is 31.7 Å². The van der Waals surface area contributed by atoms with Crippen molar-refractivity contribution in [1.82, 2.24) is 9.80 Å². The van der Waals surface area contributed by atoms with Crippen LogP contribution in [0.2, 0.25) is 0 Å². The predicted octanol–water partition coefficient (Wildman–Crippen LogP) is 0.665. The third-order valence-corrected chi connectivity index (χ3v) is 2.95. The van der Waals surface area contributed by atoms with E-state index in [0.717, 1.165) is 0 Å². The minimum Gasteiger partial charge on any atom is -0.444 e. The molecule has 0 unspecified atom stereocenters. The Labute approximate surface area is 130 Å². The Morgan fingerprint density at radius 1 is 1.10 bits per heavy atom. The van der Waals surface area contributed by atoms with Gasteiger partial charge in [-0.3, -0.25) is 0 Å². The van der Waals surface area contributed by atoms with Gasteiger partial charge in [0.2, 0.25) is 0 Å². The Morgan fingerprint density at radius 3 is 1.95 bits per heavy atom. The highest BCUT2D eigenvalue weighted by Gasteiger charge is 2.26. The van der Waals surface area contributed by atoms with Crippen LogP contribution in [0.25, 0.3) is 0 Å². The van der Waals surface area contributed by atoms with Crippen molar-refractivity contribution in [1.29, 1.82) is 0 Å². The molecular weight excluding hydrogens is 294 g/mol. The topological polar surface area (TPSA) is 111 Å². The summed E-state index contributed by atoms with van der Waals surface area (Å²) in [4.78, 5) is 15.6. The third kappa shape index (κ3) is 5.63. The molecule has 0 aliphatic carbocycles. The van der Waals surface area contributed by atoms with Crippen LogP contribution in [0.4, 0.5) is 4.79 Å².